The van der Waals surface area contributed by atoms with Crippen LogP contribution in [0.25, 0.3) is 0 Å². The van der Waals surface area contributed by atoms with Crippen LogP contribution >= 0.6 is 0 Å². The number of carbonyl (C=O) groups excluding carboxylic acids is 1. The lowest BCUT2D eigenvalue weighted by Crippen LogP contribution is -2.27. The lowest BCUT2D eigenvalue weighted by atomic mass is 10.4. The van der Waals surface area contributed by atoms with Gasteiger partial charge in [0.1, 0.15) is 0 Å². The van der Waals surface area contributed by atoms with Crippen LogP contribution in [0.15, 0.2) is 0 Å². The summed E-state index contributed by atoms with van der Waals surface area (Å²) in [6.45, 7) is 2.45. The molecule has 0 radical (unpaired) electrons. The van der Waals surface area contributed by atoms with Crippen molar-refractivity contribution >= 4 is 5.97 Å². The second kappa shape index (κ2) is 7.06. The first-order chi connectivity index (χ1) is 5.76. The Morgan fingerprint density at radius 2 is 1.92 bits per heavy atom. The Balaban J connectivity index is 3.54. The van der Waals surface area contributed by atoms with Crippen LogP contribution in [0, 0.1) is 0 Å². The summed E-state index contributed by atoms with van der Waals surface area (Å²) < 4.78 is 14.2. The largest absolute Gasteiger partial charge is 0.462 e. The quantitative estimate of drug-likeness (QED) is 0.343. The van der Waals surface area contributed by atoms with Crippen molar-refractivity contribution in [2.45, 2.75) is 26.1 Å². The maximum Gasteiger partial charge on any atom is 0.363 e. The molecule has 0 N–H and O–H groups in total. The molecule has 0 aliphatic rings. The number of unbranched alkanes of at least 4 members (excludes halogenated alkanes) is 1. The van der Waals surface area contributed by atoms with E-state index >= 15 is 0 Å². The van der Waals surface area contributed by atoms with E-state index in [1.54, 1.807) is 0 Å². The van der Waals surface area contributed by atoms with Crippen LogP contribution in [0.5, 0.6) is 0 Å². The highest BCUT2D eigenvalue weighted by atomic mass is 16.7. The minimum Gasteiger partial charge on any atom is -0.462 e. The van der Waals surface area contributed by atoms with E-state index in [0.29, 0.717) is 6.61 Å². The van der Waals surface area contributed by atoms with Gasteiger partial charge in [-0.3, -0.25) is 0 Å². The van der Waals surface area contributed by atoms with Gasteiger partial charge in [0.25, 0.3) is 6.29 Å². The van der Waals surface area contributed by atoms with Crippen molar-refractivity contribution < 1.29 is 19.0 Å². The van der Waals surface area contributed by atoms with Gasteiger partial charge in [0, 0.05) is 14.2 Å². The van der Waals surface area contributed by atoms with Gasteiger partial charge < -0.3 is 14.2 Å². The summed E-state index contributed by atoms with van der Waals surface area (Å²) in [6.07, 6.45) is 0.978. The molecule has 0 rings (SSSR count). The van der Waals surface area contributed by atoms with E-state index in [9.17, 15) is 4.79 Å². The van der Waals surface area contributed by atoms with E-state index in [4.69, 9.17) is 14.2 Å². The zero-order valence-electron chi connectivity index (χ0n) is 7.83. The minimum absolute atomic E-state index is 0.429. The molecule has 0 saturated heterocycles. The van der Waals surface area contributed by atoms with Crippen molar-refractivity contribution in [2.75, 3.05) is 20.8 Å². The molecule has 72 valence electrons. The monoisotopic (exact) mass is 176 g/mol. The zero-order valence-corrected chi connectivity index (χ0v) is 7.83. The van der Waals surface area contributed by atoms with Crippen LogP contribution in [0.1, 0.15) is 19.8 Å². The van der Waals surface area contributed by atoms with Gasteiger partial charge in [0.05, 0.1) is 6.61 Å². The van der Waals surface area contributed by atoms with Crippen LogP contribution in [-0.2, 0) is 19.0 Å². The molecule has 0 fully saturated rings. The predicted molar refractivity (Wildman–Crippen MR) is 43.7 cm³/mol. The van der Waals surface area contributed by atoms with Crippen LogP contribution < -0.4 is 0 Å². The van der Waals surface area contributed by atoms with E-state index in [0.717, 1.165) is 12.8 Å². The number of hydrogen-bond donors (Lipinski definition) is 0. The van der Waals surface area contributed by atoms with Crippen LogP contribution in [0.3, 0.4) is 0 Å². The van der Waals surface area contributed by atoms with Gasteiger partial charge in [-0.15, -0.1) is 0 Å². The number of carbonyl (C=O) groups is 1. The molecule has 0 atom stereocenters. The molecular formula is C8H16O4. The van der Waals surface area contributed by atoms with Crippen LogP contribution in [0.4, 0.5) is 0 Å². The average molecular weight is 176 g/mol. The Morgan fingerprint density at radius 1 is 1.33 bits per heavy atom. The summed E-state index contributed by atoms with van der Waals surface area (Å²) in [5, 5.41) is 0. The van der Waals surface area contributed by atoms with Crippen LogP contribution in [0.2, 0.25) is 0 Å². The molecule has 0 heterocycles. The summed E-state index contributed by atoms with van der Waals surface area (Å²) in [6, 6.07) is 0. The third-order valence-corrected chi connectivity index (χ3v) is 1.36. The van der Waals surface area contributed by atoms with E-state index in [-0.39, 0.29) is 0 Å². The summed E-state index contributed by atoms with van der Waals surface area (Å²) in [5.41, 5.74) is 0. The molecule has 0 aromatic rings. The third kappa shape index (κ3) is 4.31. The lowest BCUT2D eigenvalue weighted by Gasteiger charge is -2.11. The maximum atomic E-state index is 11.0. The molecular weight excluding hydrogens is 160 g/mol. The number of hydrogen-bond acceptors (Lipinski definition) is 4. The van der Waals surface area contributed by atoms with E-state index in [1.807, 2.05) is 6.92 Å². The zero-order chi connectivity index (χ0) is 9.40. The molecule has 0 aliphatic heterocycles. The van der Waals surface area contributed by atoms with Gasteiger partial charge >= 0.3 is 5.97 Å². The number of esters is 1. The fourth-order valence-electron chi connectivity index (χ4n) is 0.674. The highest BCUT2D eigenvalue weighted by Gasteiger charge is 2.17. The highest BCUT2D eigenvalue weighted by Crippen LogP contribution is 1.96. The molecule has 0 spiro atoms. The summed E-state index contributed by atoms with van der Waals surface area (Å²) in [7, 11) is 2.80. The summed E-state index contributed by atoms with van der Waals surface area (Å²) >= 11 is 0. The summed E-state index contributed by atoms with van der Waals surface area (Å²) in [5.74, 6) is -0.464. The SMILES string of the molecule is CCCCOC(=O)C(OC)OC. The standard InChI is InChI=1S/C8H16O4/c1-4-5-6-12-7(9)8(10-2)11-3/h8H,4-6H2,1-3H3. The molecule has 0 amide bonds. The van der Waals surface area contributed by atoms with Crippen molar-refractivity contribution in [1.29, 1.82) is 0 Å². The average Bonchev–Trinajstić information content (AvgIpc) is 2.07. The van der Waals surface area contributed by atoms with Gasteiger partial charge in [-0.1, -0.05) is 13.3 Å². The molecule has 0 aromatic carbocycles. The van der Waals surface area contributed by atoms with Gasteiger partial charge in [0.15, 0.2) is 0 Å². The molecule has 0 aliphatic carbocycles. The summed E-state index contributed by atoms with van der Waals surface area (Å²) in [4.78, 5) is 11.0. The Labute approximate surface area is 72.8 Å². The molecule has 0 saturated carbocycles. The van der Waals surface area contributed by atoms with Gasteiger partial charge in [-0.25, -0.2) is 4.79 Å². The topological polar surface area (TPSA) is 44.8 Å². The number of ether oxygens (including phenoxy) is 3. The number of methoxy groups -OCH3 is 2. The van der Waals surface area contributed by atoms with Crippen molar-refractivity contribution in [1.82, 2.24) is 0 Å². The Bertz CT molecular complexity index is 120. The third-order valence-electron chi connectivity index (χ3n) is 1.36. The fraction of sp³-hybridized carbons (Fsp3) is 0.875. The van der Waals surface area contributed by atoms with Crippen molar-refractivity contribution in [3.05, 3.63) is 0 Å². The first-order valence-corrected chi connectivity index (χ1v) is 3.98. The predicted octanol–water partition coefficient (Wildman–Crippen LogP) is 0.949. The van der Waals surface area contributed by atoms with Gasteiger partial charge in [-0.05, 0) is 6.42 Å². The van der Waals surface area contributed by atoms with Crippen molar-refractivity contribution in [2.24, 2.45) is 0 Å². The van der Waals surface area contributed by atoms with Gasteiger partial charge in [-0.2, -0.15) is 0 Å². The molecule has 4 heteroatoms. The molecule has 0 aromatic heterocycles. The lowest BCUT2D eigenvalue weighted by molar-refractivity contribution is -0.183. The van der Waals surface area contributed by atoms with Crippen molar-refractivity contribution in [3.8, 4) is 0 Å². The van der Waals surface area contributed by atoms with E-state index < -0.39 is 12.3 Å². The molecule has 12 heavy (non-hydrogen) atoms. The molecule has 0 unspecified atom stereocenters. The minimum atomic E-state index is -0.887. The Hall–Kier alpha value is -0.610. The smallest absolute Gasteiger partial charge is 0.363 e. The second-order valence-corrected chi connectivity index (χ2v) is 2.32. The Kier molecular flexibility index (Phi) is 6.70. The Morgan fingerprint density at radius 3 is 2.33 bits per heavy atom. The molecule has 4 nitrogen and oxygen atoms in total. The van der Waals surface area contributed by atoms with E-state index in [1.165, 1.54) is 14.2 Å². The van der Waals surface area contributed by atoms with Gasteiger partial charge in [0.2, 0.25) is 0 Å². The van der Waals surface area contributed by atoms with E-state index in [2.05, 4.69) is 0 Å². The normalized spacial score (nSPS) is 10.3. The highest BCUT2D eigenvalue weighted by molar-refractivity contribution is 5.73. The number of rotatable bonds is 6. The first-order valence-electron chi connectivity index (χ1n) is 3.98. The second-order valence-electron chi connectivity index (χ2n) is 2.32. The van der Waals surface area contributed by atoms with Crippen molar-refractivity contribution in [3.63, 3.8) is 0 Å². The fourth-order valence-corrected chi connectivity index (χ4v) is 0.674. The maximum absolute atomic E-state index is 11.0. The molecule has 0 bridgehead atoms. The van der Waals surface area contributed by atoms with Crippen LogP contribution in [-0.4, -0.2) is 33.1 Å². The first kappa shape index (κ1) is 11.4.